The Morgan fingerprint density at radius 1 is 0.377 bits per heavy atom. The summed E-state index contributed by atoms with van der Waals surface area (Å²) in [4.78, 5) is 16.5. The van der Waals surface area contributed by atoms with Gasteiger partial charge in [0, 0.05) is 32.7 Å². The maximum Gasteiger partial charge on any atom is 0.238 e. The summed E-state index contributed by atoms with van der Waals surface area (Å²) in [5.74, 6) is 1.89. The molecule has 2 aromatic heterocycles. The fourth-order valence-corrected chi connectivity index (χ4v) is 10.5. The molecule has 4 nitrogen and oxygen atoms in total. The quantitative estimate of drug-likeness (QED) is 0.175. The molecule has 0 aliphatic heterocycles. The SMILES string of the molecule is CC1(C)c2ccccc2-c2c(-c3nc(-c4cccc(-c5cccc(-c6ccccc6)c5)c4)nc(-n4c5ccccc5c5ccc6c(c54)C(C)(C)c4ccccc4-6)n3)cccc21. The van der Waals surface area contributed by atoms with E-state index in [1.807, 2.05) is 0 Å². The van der Waals surface area contributed by atoms with Crippen LogP contribution in [0.25, 0.3) is 95.0 Å². The van der Waals surface area contributed by atoms with Crippen molar-refractivity contribution in [1.82, 2.24) is 19.5 Å². The average Bonchev–Trinajstić information content (AvgIpc) is 3.86. The lowest BCUT2D eigenvalue weighted by Crippen LogP contribution is -2.17. The third kappa shape index (κ3) is 5.21. The molecule has 0 unspecified atom stereocenters. The molecule has 290 valence electrons. The Bertz CT molecular complexity index is 3420. The highest BCUT2D eigenvalue weighted by Crippen LogP contribution is 2.54. The van der Waals surface area contributed by atoms with Crippen molar-refractivity contribution in [3.05, 3.63) is 204 Å². The second-order valence-corrected chi connectivity index (χ2v) is 17.6. The summed E-state index contributed by atoms with van der Waals surface area (Å²) in [5, 5.41) is 2.36. The minimum atomic E-state index is -0.256. The number of fused-ring (bicyclic) bond motifs is 10. The lowest BCUT2D eigenvalue weighted by Gasteiger charge is -2.23. The summed E-state index contributed by atoms with van der Waals surface area (Å²) in [5.41, 5.74) is 18.5. The highest BCUT2D eigenvalue weighted by Gasteiger charge is 2.40. The van der Waals surface area contributed by atoms with Crippen LogP contribution in [-0.2, 0) is 10.8 Å². The molecule has 2 heterocycles. The molecule has 0 saturated carbocycles. The van der Waals surface area contributed by atoms with Gasteiger partial charge in [-0.2, -0.15) is 9.97 Å². The molecular weight excluding hydrogens is 741 g/mol. The number of aromatic nitrogens is 4. The zero-order valence-corrected chi connectivity index (χ0v) is 34.6. The van der Waals surface area contributed by atoms with Gasteiger partial charge in [0.1, 0.15) is 0 Å². The molecule has 8 aromatic carbocycles. The minimum absolute atomic E-state index is 0.169. The van der Waals surface area contributed by atoms with Crippen LogP contribution in [0.5, 0.6) is 0 Å². The molecule has 0 atom stereocenters. The number of benzene rings is 8. The highest BCUT2D eigenvalue weighted by molar-refractivity contribution is 6.13. The van der Waals surface area contributed by atoms with E-state index >= 15 is 0 Å². The van der Waals surface area contributed by atoms with Gasteiger partial charge in [-0.05, 0) is 85.0 Å². The van der Waals surface area contributed by atoms with Crippen LogP contribution < -0.4 is 0 Å². The summed E-state index contributed by atoms with van der Waals surface area (Å²) in [6, 6.07) is 65.6. The molecule has 4 heteroatoms. The average molecular weight is 783 g/mol. The van der Waals surface area contributed by atoms with E-state index in [-0.39, 0.29) is 10.8 Å². The van der Waals surface area contributed by atoms with E-state index in [0.29, 0.717) is 17.6 Å². The summed E-state index contributed by atoms with van der Waals surface area (Å²) < 4.78 is 2.32. The van der Waals surface area contributed by atoms with Gasteiger partial charge in [-0.15, -0.1) is 0 Å². The number of para-hydroxylation sites is 1. The molecule has 0 fully saturated rings. The predicted molar refractivity (Wildman–Crippen MR) is 251 cm³/mol. The largest absolute Gasteiger partial charge is 0.277 e. The van der Waals surface area contributed by atoms with Gasteiger partial charge in [-0.25, -0.2) is 4.98 Å². The normalized spacial score (nSPS) is 14.2. The summed E-state index contributed by atoms with van der Waals surface area (Å²) in [6.45, 7) is 9.35. The van der Waals surface area contributed by atoms with Crippen LogP contribution in [0.3, 0.4) is 0 Å². The molecule has 61 heavy (non-hydrogen) atoms. The van der Waals surface area contributed by atoms with Crippen molar-refractivity contribution >= 4 is 21.8 Å². The van der Waals surface area contributed by atoms with Gasteiger partial charge in [0.05, 0.1) is 11.0 Å². The van der Waals surface area contributed by atoms with E-state index in [1.54, 1.807) is 0 Å². The molecule has 0 radical (unpaired) electrons. The number of hydrogen-bond donors (Lipinski definition) is 0. The standard InChI is InChI=1S/C57H42N4/c1-56(2)47-28-12-9-25-44(47)50-45(26-16-29-48(50)56)54-58-53(39-22-15-21-38(34-39)37-20-14-19-36(33-37)35-17-6-5-7-18-35)59-55(60-54)61-49-30-13-10-24-41(49)43-32-31-42-40-23-8-11-27-46(40)57(3,4)51(42)52(43)61/h5-34H,1-4H3. The Labute approximate surface area is 355 Å². The van der Waals surface area contributed by atoms with Gasteiger partial charge < -0.3 is 0 Å². The summed E-state index contributed by atoms with van der Waals surface area (Å²) in [7, 11) is 0. The van der Waals surface area contributed by atoms with Crippen molar-refractivity contribution in [2.45, 2.75) is 38.5 Å². The van der Waals surface area contributed by atoms with Crippen LogP contribution in [0.4, 0.5) is 0 Å². The summed E-state index contributed by atoms with van der Waals surface area (Å²) >= 11 is 0. The molecule has 10 aromatic rings. The van der Waals surface area contributed by atoms with Crippen LogP contribution in [0.2, 0.25) is 0 Å². The van der Waals surface area contributed by atoms with E-state index in [2.05, 4.69) is 214 Å². The number of rotatable bonds is 5. The predicted octanol–water partition coefficient (Wildman–Crippen LogP) is 14.2. The number of nitrogens with zero attached hydrogens (tertiary/aromatic N) is 4. The van der Waals surface area contributed by atoms with Crippen molar-refractivity contribution in [3.8, 4) is 73.2 Å². The third-order valence-electron chi connectivity index (χ3n) is 13.4. The smallest absolute Gasteiger partial charge is 0.238 e. The molecule has 2 aliphatic carbocycles. The van der Waals surface area contributed by atoms with Crippen molar-refractivity contribution < 1.29 is 0 Å². The molecule has 0 amide bonds. The van der Waals surface area contributed by atoms with E-state index in [0.717, 1.165) is 33.3 Å². The Balaban J connectivity index is 1.14. The first-order valence-corrected chi connectivity index (χ1v) is 21.2. The first-order chi connectivity index (χ1) is 29.8. The van der Waals surface area contributed by atoms with Crippen molar-refractivity contribution in [1.29, 1.82) is 0 Å². The summed E-state index contributed by atoms with van der Waals surface area (Å²) in [6.07, 6.45) is 0. The van der Waals surface area contributed by atoms with Gasteiger partial charge in [0.2, 0.25) is 5.95 Å². The van der Waals surface area contributed by atoms with Gasteiger partial charge >= 0.3 is 0 Å². The van der Waals surface area contributed by atoms with Gasteiger partial charge in [0.15, 0.2) is 11.6 Å². The minimum Gasteiger partial charge on any atom is -0.277 e. The molecule has 0 bridgehead atoms. The van der Waals surface area contributed by atoms with E-state index in [4.69, 9.17) is 15.0 Å². The van der Waals surface area contributed by atoms with Crippen LogP contribution in [-0.4, -0.2) is 19.5 Å². The van der Waals surface area contributed by atoms with Gasteiger partial charge in [0.25, 0.3) is 0 Å². The van der Waals surface area contributed by atoms with Crippen LogP contribution in [0.1, 0.15) is 49.9 Å². The second-order valence-electron chi connectivity index (χ2n) is 17.6. The van der Waals surface area contributed by atoms with Crippen LogP contribution in [0.15, 0.2) is 182 Å². The third-order valence-corrected chi connectivity index (χ3v) is 13.4. The van der Waals surface area contributed by atoms with Gasteiger partial charge in [-0.3, -0.25) is 4.57 Å². The van der Waals surface area contributed by atoms with Crippen molar-refractivity contribution in [2.75, 3.05) is 0 Å². The zero-order valence-electron chi connectivity index (χ0n) is 34.6. The molecule has 0 N–H and O–H groups in total. The Hall–Kier alpha value is -7.43. The second kappa shape index (κ2) is 13.0. The van der Waals surface area contributed by atoms with Gasteiger partial charge in [-0.1, -0.05) is 191 Å². The fourth-order valence-electron chi connectivity index (χ4n) is 10.5. The Morgan fingerprint density at radius 2 is 0.934 bits per heavy atom. The zero-order chi connectivity index (χ0) is 41.0. The van der Waals surface area contributed by atoms with E-state index < -0.39 is 0 Å². The molecule has 0 saturated heterocycles. The highest BCUT2D eigenvalue weighted by atomic mass is 15.2. The first kappa shape index (κ1) is 35.5. The van der Waals surface area contributed by atoms with Crippen LogP contribution >= 0.6 is 0 Å². The molecule has 0 spiro atoms. The van der Waals surface area contributed by atoms with Crippen LogP contribution in [0, 0.1) is 0 Å². The van der Waals surface area contributed by atoms with E-state index in [1.165, 1.54) is 66.4 Å². The topological polar surface area (TPSA) is 43.6 Å². The monoisotopic (exact) mass is 782 g/mol. The fraction of sp³-hybridized carbons (Fsp3) is 0.105. The lowest BCUT2D eigenvalue weighted by molar-refractivity contribution is 0.660. The molecule has 12 rings (SSSR count). The maximum absolute atomic E-state index is 5.56. The number of hydrogen-bond acceptors (Lipinski definition) is 3. The maximum atomic E-state index is 5.56. The van der Waals surface area contributed by atoms with Crippen molar-refractivity contribution in [2.24, 2.45) is 0 Å². The van der Waals surface area contributed by atoms with Crippen molar-refractivity contribution in [3.63, 3.8) is 0 Å². The van der Waals surface area contributed by atoms with E-state index in [9.17, 15) is 0 Å². The molecule has 2 aliphatic rings. The lowest BCUT2D eigenvalue weighted by atomic mass is 9.81. The first-order valence-electron chi connectivity index (χ1n) is 21.2. The Kier molecular flexibility index (Phi) is 7.59. The molecular formula is C57H42N4. The Morgan fingerprint density at radius 3 is 1.72 bits per heavy atom.